The van der Waals surface area contributed by atoms with Crippen molar-refractivity contribution in [2.24, 2.45) is 28.6 Å². The summed E-state index contributed by atoms with van der Waals surface area (Å²) in [7, 11) is 0. The van der Waals surface area contributed by atoms with E-state index in [1.807, 2.05) is 0 Å². The quantitative estimate of drug-likeness (QED) is 0.552. The summed E-state index contributed by atoms with van der Waals surface area (Å²) in [6.45, 7) is 9.86. The zero-order valence-corrected chi connectivity index (χ0v) is 10.4. The molecule has 0 spiro atoms. The van der Waals surface area contributed by atoms with Gasteiger partial charge in [-0.1, -0.05) is 45.9 Å². The Hall–Kier alpha value is -0.520. The standard InChI is InChI=1S/C15H22/c1-10-6-5-7-11-8-9-12-13(14(12,2)3)15(10,11)4/h7-10,12-13H,5-6H2,1-4H3. The molecule has 4 atom stereocenters. The van der Waals surface area contributed by atoms with Crippen molar-refractivity contribution in [2.45, 2.75) is 40.5 Å². The second-order valence-corrected chi connectivity index (χ2v) is 6.60. The van der Waals surface area contributed by atoms with Gasteiger partial charge in [0, 0.05) is 0 Å². The first-order chi connectivity index (χ1) is 6.99. The molecule has 1 saturated carbocycles. The fourth-order valence-electron chi connectivity index (χ4n) is 4.42. The number of allylic oxidation sites excluding steroid dienone is 4. The van der Waals surface area contributed by atoms with Gasteiger partial charge in [-0.15, -0.1) is 0 Å². The molecule has 0 N–H and O–H groups in total. The fraction of sp³-hybridized carbons (Fsp3) is 0.733. The lowest BCUT2D eigenvalue weighted by molar-refractivity contribution is 0.170. The average Bonchev–Trinajstić information content (AvgIpc) is 2.73. The molecule has 0 aromatic heterocycles. The molecule has 3 rings (SSSR count). The first kappa shape index (κ1) is 9.69. The van der Waals surface area contributed by atoms with E-state index in [-0.39, 0.29) is 0 Å². The van der Waals surface area contributed by atoms with E-state index >= 15 is 0 Å². The van der Waals surface area contributed by atoms with Gasteiger partial charge in [0.1, 0.15) is 0 Å². The predicted molar refractivity (Wildman–Crippen MR) is 64.5 cm³/mol. The van der Waals surface area contributed by atoms with E-state index in [9.17, 15) is 0 Å². The highest BCUT2D eigenvalue weighted by Gasteiger charge is 2.67. The fourth-order valence-corrected chi connectivity index (χ4v) is 4.42. The van der Waals surface area contributed by atoms with Crippen molar-refractivity contribution in [3.63, 3.8) is 0 Å². The molecule has 0 heterocycles. The van der Waals surface area contributed by atoms with Gasteiger partial charge in [0.25, 0.3) is 0 Å². The van der Waals surface area contributed by atoms with Crippen molar-refractivity contribution in [2.75, 3.05) is 0 Å². The van der Waals surface area contributed by atoms with Gasteiger partial charge < -0.3 is 0 Å². The second-order valence-electron chi connectivity index (χ2n) is 6.60. The smallest absolute Gasteiger partial charge is 0.00135 e. The summed E-state index contributed by atoms with van der Waals surface area (Å²) < 4.78 is 0. The molecule has 0 heteroatoms. The van der Waals surface area contributed by atoms with Crippen LogP contribution in [0.2, 0.25) is 0 Å². The van der Waals surface area contributed by atoms with E-state index < -0.39 is 0 Å². The van der Waals surface area contributed by atoms with Crippen molar-refractivity contribution in [1.82, 2.24) is 0 Å². The maximum absolute atomic E-state index is 2.51. The number of hydrogen-bond acceptors (Lipinski definition) is 0. The van der Waals surface area contributed by atoms with E-state index in [0.717, 1.165) is 17.8 Å². The molecular formula is C15H22. The van der Waals surface area contributed by atoms with Crippen LogP contribution in [0.25, 0.3) is 0 Å². The van der Waals surface area contributed by atoms with Crippen LogP contribution in [-0.2, 0) is 0 Å². The lowest BCUT2D eigenvalue weighted by Crippen LogP contribution is -2.35. The van der Waals surface area contributed by atoms with Crippen molar-refractivity contribution >= 4 is 0 Å². The number of hydrogen-bond donors (Lipinski definition) is 0. The summed E-state index contributed by atoms with van der Waals surface area (Å²) in [6, 6.07) is 0. The van der Waals surface area contributed by atoms with E-state index in [4.69, 9.17) is 0 Å². The van der Waals surface area contributed by atoms with Gasteiger partial charge in [0.15, 0.2) is 0 Å². The van der Waals surface area contributed by atoms with Crippen molar-refractivity contribution < 1.29 is 0 Å². The SMILES string of the molecule is CC1CCC=C2C=CC3C(C3(C)C)C21C. The second kappa shape index (κ2) is 2.59. The van der Waals surface area contributed by atoms with Crippen LogP contribution < -0.4 is 0 Å². The maximum Gasteiger partial charge on any atom is -0.00135 e. The third kappa shape index (κ3) is 0.984. The molecule has 0 aliphatic heterocycles. The largest absolute Gasteiger partial charge is 0.0807 e. The summed E-state index contributed by atoms with van der Waals surface area (Å²) in [6.07, 6.45) is 10.0. The molecule has 1 fully saturated rings. The zero-order valence-electron chi connectivity index (χ0n) is 10.4. The summed E-state index contributed by atoms with van der Waals surface area (Å²) in [5.41, 5.74) is 2.65. The molecule has 0 radical (unpaired) electrons. The molecular weight excluding hydrogens is 180 g/mol. The van der Waals surface area contributed by atoms with Gasteiger partial charge in [0.2, 0.25) is 0 Å². The van der Waals surface area contributed by atoms with Crippen LogP contribution in [0.1, 0.15) is 40.5 Å². The summed E-state index contributed by atoms with van der Waals surface area (Å²) >= 11 is 0. The monoisotopic (exact) mass is 202 g/mol. The van der Waals surface area contributed by atoms with E-state index in [2.05, 4.69) is 45.9 Å². The summed E-state index contributed by atoms with van der Waals surface area (Å²) in [5, 5.41) is 0. The van der Waals surface area contributed by atoms with Crippen LogP contribution in [0.4, 0.5) is 0 Å². The van der Waals surface area contributed by atoms with Gasteiger partial charge in [-0.25, -0.2) is 0 Å². The molecule has 15 heavy (non-hydrogen) atoms. The van der Waals surface area contributed by atoms with Crippen molar-refractivity contribution in [3.05, 3.63) is 23.8 Å². The van der Waals surface area contributed by atoms with Gasteiger partial charge in [0.05, 0.1) is 0 Å². The zero-order chi connectivity index (χ0) is 10.8. The van der Waals surface area contributed by atoms with Crippen LogP contribution in [0.15, 0.2) is 23.8 Å². The van der Waals surface area contributed by atoms with Gasteiger partial charge >= 0.3 is 0 Å². The molecule has 0 bridgehead atoms. The average molecular weight is 202 g/mol. The normalized spacial score (nSPS) is 50.4. The van der Waals surface area contributed by atoms with Crippen LogP contribution in [0.3, 0.4) is 0 Å². The van der Waals surface area contributed by atoms with Gasteiger partial charge in [-0.2, -0.15) is 0 Å². The Kier molecular flexibility index (Phi) is 1.67. The third-order valence-corrected chi connectivity index (χ3v) is 5.65. The van der Waals surface area contributed by atoms with Crippen molar-refractivity contribution in [1.29, 1.82) is 0 Å². The Bertz CT molecular complexity index is 358. The van der Waals surface area contributed by atoms with Crippen LogP contribution in [-0.4, -0.2) is 0 Å². The summed E-state index contributed by atoms with van der Waals surface area (Å²) in [5.74, 6) is 2.61. The minimum Gasteiger partial charge on any atom is -0.0807 e. The number of fused-ring (bicyclic) bond motifs is 3. The highest BCUT2D eigenvalue weighted by atomic mass is 14.7. The molecule has 0 nitrogen and oxygen atoms in total. The predicted octanol–water partition coefficient (Wildman–Crippen LogP) is 4.19. The maximum atomic E-state index is 2.51. The highest BCUT2D eigenvalue weighted by molar-refractivity contribution is 5.41. The first-order valence-electron chi connectivity index (χ1n) is 6.38. The Labute approximate surface area is 93.5 Å². The van der Waals surface area contributed by atoms with E-state index in [1.165, 1.54) is 12.8 Å². The lowest BCUT2D eigenvalue weighted by atomic mass is 9.61. The Morgan fingerprint density at radius 2 is 2.00 bits per heavy atom. The van der Waals surface area contributed by atoms with Crippen molar-refractivity contribution in [3.8, 4) is 0 Å². The molecule has 0 amide bonds. The number of rotatable bonds is 0. The Balaban J connectivity index is 2.10. The topological polar surface area (TPSA) is 0 Å². The third-order valence-electron chi connectivity index (χ3n) is 5.65. The highest BCUT2D eigenvalue weighted by Crippen LogP contribution is 2.72. The van der Waals surface area contributed by atoms with Crippen LogP contribution in [0.5, 0.6) is 0 Å². The molecule has 0 aromatic carbocycles. The lowest BCUT2D eigenvalue weighted by Gasteiger charge is -2.43. The minimum atomic E-state index is 0.473. The molecule has 0 aromatic rings. The van der Waals surface area contributed by atoms with E-state index in [0.29, 0.717) is 10.8 Å². The molecule has 0 saturated heterocycles. The van der Waals surface area contributed by atoms with Gasteiger partial charge in [-0.05, 0) is 47.0 Å². The minimum absolute atomic E-state index is 0.473. The molecule has 82 valence electrons. The Morgan fingerprint density at radius 1 is 1.27 bits per heavy atom. The molecule has 4 unspecified atom stereocenters. The van der Waals surface area contributed by atoms with Crippen LogP contribution >= 0.6 is 0 Å². The van der Waals surface area contributed by atoms with Crippen LogP contribution in [0, 0.1) is 28.6 Å². The first-order valence-corrected chi connectivity index (χ1v) is 6.38. The summed E-state index contributed by atoms with van der Waals surface area (Å²) in [4.78, 5) is 0. The van der Waals surface area contributed by atoms with Gasteiger partial charge in [-0.3, -0.25) is 0 Å². The molecule has 3 aliphatic rings. The Morgan fingerprint density at radius 3 is 2.73 bits per heavy atom. The van der Waals surface area contributed by atoms with E-state index in [1.54, 1.807) is 5.57 Å². The molecule has 3 aliphatic carbocycles.